The maximum absolute atomic E-state index is 12.0. The van der Waals surface area contributed by atoms with E-state index in [1.165, 1.54) is 0 Å². The Morgan fingerprint density at radius 1 is 1.13 bits per heavy atom. The van der Waals surface area contributed by atoms with Crippen molar-refractivity contribution in [2.75, 3.05) is 0 Å². The molecule has 0 saturated carbocycles. The van der Waals surface area contributed by atoms with E-state index in [0.717, 1.165) is 0 Å². The van der Waals surface area contributed by atoms with Gasteiger partial charge in [-0.3, -0.25) is 4.79 Å². The molecule has 0 heterocycles. The number of rotatable bonds is 2. The molecule has 15 heavy (non-hydrogen) atoms. The summed E-state index contributed by atoms with van der Waals surface area (Å²) in [6, 6.07) is 9.10. The highest BCUT2D eigenvalue weighted by molar-refractivity contribution is 6.16. The maximum atomic E-state index is 12.0. The van der Waals surface area contributed by atoms with Crippen LogP contribution in [-0.2, 0) is 0 Å². The minimum absolute atomic E-state index is 0.0128. The molecule has 0 amide bonds. The Morgan fingerprint density at radius 3 is 2.53 bits per heavy atom. The van der Waals surface area contributed by atoms with Crippen LogP contribution in [0.25, 0.3) is 0 Å². The van der Waals surface area contributed by atoms with Crippen LogP contribution in [-0.4, -0.2) is 11.5 Å². The second-order valence-corrected chi connectivity index (χ2v) is 3.41. The van der Waals surface area contributed by atoms with E-state index in [9.17, 15) is 4.79 Å². The van der Waals surface area contributed by atoms with Gasteiger partial charge >= 0.3 is 0 Å². The second kappa shape index (κ2) is 4.05. The molecule has 0 fully saturated rings. The van der Waals surface area contributed by atoms with Gasteiger partial charge in [0.2, 0.25) is 0 Å². The van der Waals surface area contributed by atoms with E-state index in [4.69, 9.17) is 5.41 Å². The summed E-state index contributed by atoms with van der Waals surface area (Å²) in [7, 11) is 0. The van der Waals surface area contributed by atoms with Crippen LogP contribution in [0.15, 0.2) is 54.6 Å². The third-order valence-electron chi connectivity index (χ3n) is 2.37. The lowest BCUT2D eigenvalue weighted by molar-refractivity contribution is 0.0972. The van der Waals surface area contributed by atoms with Crippen molar-refractivity contribution in [1.82, 2.24) is 0 Å². The van der Waals surface area contributed by atoms with Crippen molar-refractivity contribution in [3.63, 3.8) is 0 Å². The first-order valence-corrected chi connectivity index (χ1v) is 4.81. The summed E-state index contributed by atoms with van der Waals surface area (Å²) in [6.07, 6.45) is 7.00. The Kier molecular flexibility index (Phi) is 2.59. The highest BCUT2D eigenvalue weighted by Crippen LogP contribution is 2.15. The number of ketones is 1. The zero-order chi connectivity index (χ0) is 10.7. The summed E-state index contributed by atoms with van der Waals surface area (Å²) in [5.41, 5.74) is 1.01. The quantitative estimate of drug-likeness (QED) is 0.727. The number of nitrogens with one attached hydrogen (secondary N) is 1. The minimum Gasteiger partial charge on any atom is -0.304 e. The maximum Gasteiger partial charge on any atom is 0.175 e. The van der Waals surface area contributed by atoms with Crippen LogP contribution >= 0.6 is 0 Å². The monoisotopic (exact) mass is 197 g/mol. The first kappa shape index (κ1) is 9.59. The van der Waals surface area contributed by atoms with Crippen molar-refractivity contribution < 1.29 is 4.79 Å². The molecule has 0 radical (unpaired) electrons. The number of hydrogen-bond donors (Lipinski definition) is 1. The van der Waals surface area contributed by atoms with E-state index in [1.54, 1.807) is 30.4 Å². The lowest BCUT2D eigenvalue weighted by atomic mass is 9.90. The fourth-order valence-electron chi connectivity index (χ4n) is 1.55. The van der Waals surface area contributed by atoms with Gasteiger partial charge in [0.1, 0.15) is 0 Å². The topological polar surface area (TPSA) is 40.9 Å². The molecule has 1 aromatic carbocycles. The fourth-order valence-corrected chi connectivity index (χ4v) is 1.55. The number of benzene rings is 1. The molecule has 2 heteroatoms. The lowest BCUT2D eigenvalue weighted by Crippen LogP contribution is -2.21. The minimum atomic E-state index is -0.419. The molecule has 0 bridgehead atoms. The SMILES string of the molecule is N=C1C=CC=CC1C(=O)c1ccccc1. The van der Waals surface area contributed by atoms with Gasteiger partial charge in [0.05, 0.1) is 5.92 Å². The molecule has 0 spiro atoms. The van der Waals surface area contributed by atoms with Crippen molar-refractivity contribution in [3.05, 3.63) is 60.2 Å². The molecule has 2 rings (SSSR count). The molecule has 74 valence electrons. The van der Waals surface area contributed by atoms with Gasteiger partial charge in [0.15, 0.2) is 5.78 Å². The first-order valence-electron chi connectivity index (χ1n) is 4.81. The molecule has 0 saturated heterocycles. The fraction of sp³-hybridized carbons (Fsp3) is 0.0769. The molecular weight excluding hydrogens is 186 g/mol. The van der Waals surface area contributed by atoms with Crippen LogP contribution in [0.2, 0.25) is 0 Å². The summed E-state index contributed by atoms with van der Waals surface area (Å²) in [4.78, 5) is 12.0. The third kappa shape index (κ3) is 1.94. The zero-order valence-corrected chi connectivity index (χ0v) is 8.18. The number of carbonyl (C=O) groups is 1. The molecule has 1 aliphatic rings. The van der Waals surface area contributed by atoms with E-state index in [2.05, 4.69) is 0 Å². The van der Waals surface area contributed by atoms with E-state index < -0.39 is 5.92 Å². The second-order valence-electron chi connectivity index (χ2n) is 3.41. The average molecular weight is 197 g/mol. The molecule has 0 aromatic heterocycles. The Balaban J connectivity index is 2.26. The van der Waals surface area contributed by atoms with E-state index in [1.807, 2.05) is 24.3 Å². The van der Waals surface area contributed by atoms with E-state index in [-0.39, 0.29) is 5.78 Å². The number of Topliss-reactive ketones (excluding diaryl/α,β-unsaturated/α-hetero) is 1. The average Bonchev–Trinajstić information content (AvgIpc) is 2.30. The highest BCUT2D eigenvalue weighted by Gasteiger charge is 2.21. The summed E-state index contributed by atoms with van der Waals surface area (Å²) in [5, 5.41) is 7.67. The van der Waals surface area contributed by atoms with Crippen LogP contribution < -0.4 is 0 Å². The van der Waals surface area contributed by atoms with Crippen molar-refractivity contribution in [2.24, 2.45) is 5.92 Å². The van der Waals surface area contributed by atoms with Crippen molar-refractivity contribution in [3.8, 4) is 0 Å². The predicted octanol–water partition coefficient (Wildman–Crippen LogP) is 2.63. The molecule has 1 aromatic rings. The molecule has 1 atom stereocenters. The standard InChI is InChI=1S/C13H11NO/c14-12-9-5-4-8-11(12)13(15)10-6-2-1-3-7-10/h1-9,11,14H. The van der Waals surface area contributed by atoms with Gasteiger partial charge in [-0.1, -0.05) is 48.6 Å². The van der Waals surface area contributed by atoms with Gasteiger partial charge in [0.25, 0.3) is 0 Å². The van der Waals surface area contributed by atoms with Crippen LogP contribution in [0.1, 0.15) is 10.4 Å². The number of allylic oxidation sites excluding steroid dienone is 4. The van der Waals surface area contributed by atoms with Crippen LogP contribution in [0, 0.1) is 11.3 Å². The molecule has 1 unspecified atom stereocenters. The van der Waals surface area contributed by atoms with Crippen LogP contribution in [0.5, 0.6) is 0 Å². The van der Waals surface area contributed by atoms with Crippen LogP contribution in [0.3, 0.4) is 0 Å². The summed E-state index contributed by atoms with van der Waals surface area (Å²) in [6.45, 7) is 0. The van der Waals surface area contributed by atoms with Gasteiger partial charge in [0, 0.05) is 11.3 Å². The largest absolute Gasteiger partial charge is 0.304 e. The Morgan fingerprint density at radius 2 is 1.87 bits per heavy atom. The molecular formula is C13H11NO. The summed E-state index contributed by atoms with van der Waals surface area (Å²) < 4.78 is 0. The van der Waals surface area contributed by atoms with Gasteiger partial charge in [-0.2, -0.15) is 0 Å². The first-order chi connectivity index (χ1) is 7.29. The van der Waals surface area contributed by atoms with E-state index in [0.29, 0.717) is 11.3 Å². The zero-order valence-electron chi connectivity index (χ0n) is 8.18. The Bertz CT molecular complexity index is 443. The predicted molar refractivity (Wildman–Crippen MR) is 60.3 cm³/mol. The van der Waals surface area contributed by atoms with Gasteiger partial charge in [-0.15, -0.1) is 0 Å². The summed E-state index contributed by atoms with van der Waals surface area (Å²) >= 11 is 0. The third-order valence-corrected chi connectivity index (χ3v) is 2.37. The Labute approximate surface area is 88.4 Å². The molecule has 1 aliphatic carbocycles. The van der Waals surface area contributed by atoms with Gasteiger partial charge in [-0.25, -0.2) is 0 Å². The molecule has 1 N–H and O–H groups in total. The van der Waals surface area contributed by atoms with Crippen molar-refractivity contribution in [1.29, 1.82) is 5.41 Å². The lowest BCUT2D eigenvalue weighted by Gasteiger charge is -2.12. The smallest absolute Gasteiger partial charge is 0.175 e. The van der Waals surface area contributed by atoms with E-state index >= 15 is 0 Å². The molecule has 2 nitrogen and oxygen atoms in total. The molecule has 0 aliphatic heterocycles. The highest BCUT2D eigenvalue weighted by atomic mass is 16.1. The van der Waals surface area contributed by atoms with Gasteiger partial charge in [-0.05, 0) is 6.08 Å². The normalized spacial score (nSPS) is 19.2. The van der Waals surface area contributed by atoms with Crippen molar-refractivity contribution in [2.45, 2.75) is 0 Å². The van der Waals surface area contributed by atoms with Gasteiger partial charge < -0.3 is 5.41 Å². The van der Waals surface area contributed by atoms with Crippen molar-refractivity contribution >= 4 is 11.5 Å². The number of hydrogen-bond acceptors (Lipinski definition) is 2. The Hall–Kier alpha value is -1.96. The summed E-state index contributed by atoms with van der Waals surface area (Å²) in [5.74, 6) is -0.432. The van der Waals surface area contributed by atoms with Crippen LogP contribution in [0.4, 0.5) is 0 Å². The number of carbonyl (C=O) groups excluding carboxylic acids is 1.